The summed E-state index contributed by atoms with van der Waals surface area (Å²) < 4.78 is 5.60. The van der Waals surface area contributed by atoms with Crippen LogP contribution < -0.4 is 0 Å². The van der Waals surface area contributed by atoms with Gasteiger partial charge in [-0.1, -0.05) is 80.8 Å². The van der Waals surface area contributed by atoms with Crippen molar-refractivity contribution in [3.8, 4) is 0 Å². The van der Waals surface area contributed by atoms with Gasteiger partial charge >= 0.3 is 6.09 Å². The van der Waals surface area contributed by atoms with Gasteiger partial charge in [0.15, 0.2) is 0 Å². The Bertz CT molecular complexity index is 835. The molecule has 2 aliphatic heterocycles. The van der Waals surface area contributed by atoms with Crippen LogP contribution in [0.15, 0.2) is 54.6 Å². The van der Waals surface area contributed by atoms with E-state index >= 15 is 0 Å². The number of unbranched alkanes of at least 4 members (excludes halogenated alkanes) is 3. The first kappa shape index (κ1) is 21.9. The van der Waals surface area contributed by atoms with E-state index in [0.29, 0.717) is 19.4 Å². The van der Waals surface area contributed by atoms with Crippen LogP contribution in [0.1, 0.15) is 75.0 Å². The maximum Gasteiger partial charge on any atom is 0.410 e. The maximum atomic E-state index is 12.8. The maximum absolute atomic E-state index is 12.8. The van der Waals surface area contributed by atoms with E-state index < -0.39 is 5.60 Å². The average Bonchev–Trinajstić information content (AvgIpc) is 3.08. The Hall–Kier alpha value is -2.33. The van der Waals surface area contributed by atoms with E-state index in [9.17, 15) is 9.90 Å². The Kier molecular flexibility index (Phi) is 6.96. The fraction of sp³-hybridized carbons (Fsp3) is 0.519. The fourth-order valence-corrected chi connectivity index (χ4v) is 5.29. The van der Waals surface area contributed by atoms with Crippen molar-refractivity contribution >= 4 is 6.09 Å². The van der Waals surface area contributed by atoms with Crippen molar-refractivity contribution in [2.24, 2.45) is 0 Å². The predicted octanol–water partition coefficient (Wildman–Crippen LogP) is 5.96. The predicted molar refractivity (Wildman–Crippen MR) is 123 cm³/mol. The van der Waals surface area contributed by atoms with Gasteiger partial charge in [0.2, 0.25) is 0 Å². The van der Waals surface area contributed by atoms with E-state index in [-0.39, 0.29) is 18.2 Å². The summed E-state index contributed by atoms with van der Waals surface area (Å²) in [5, 5.41) is 11.5. The Morgan fingerprint density at radius 3 is 2.29 bits per heavy atom. The number of carbonyl (C=O) groups is 1. The molecule has 0 spiro atoms. The van der Waals surface area contributed by atoms with Crippen LogP contribution in [0.25, 0.3) is 0 Å². The molecule has 0 saturated carbocycles. The van der Waals surface area contributed by atoms with Gasteiger partial charge in [0.05, 0.1) is 5.60 Å². The van der Waals surface area contributed by atoms with Gasteiger partial charge in [0.1, 0.15) is 6.61 Å². The SMILES string of the molecule is CCCCCCc1ccc(C2(O)CC3CCC(C2)N3C(=O)OCc2ccccc2)cc1. The van der Waals surface area contributed by atoms with Crippen LogP contribution >= 0.6 is 0 Å². The van der Waals surface area contributed by atoms with Gasteiger partial charge in [-0.05, 0) is 42.4 Å². The molecule has 2 atom stereocenters. The molecule has 0 aliphatic carbocycles. The van der Waals surface area contributed by atoms with E-state index in [0.717, 1.165) is 30.4 Å². The molecule has 1 amide bonds. The molecule has 2 aromatic rings. The van der Waals surface area contributed by atoms with Gasteiger partial charge in [-0.2, -0.15) is 0 Å². The van der Waals surface area contributed by atoms with Gasteiger partial charge in [-0.3, -0.25) is 0 Å². The molecule has 0 radical (unpaired) electrons. The number of carbonyl (C=O) groups excluding carboxylic acids is 1. The highest BCUT2D eigenvalue weighted by molar-refractivity contribution is 5.69. The number of piperidine rings is 1. The standard InChI is InChI=1S/C27H35NO3/c1-2-3-4-6-9-21-12-14-23(15-13-21)27(30)18-24-16-17-25(19-27)28(24)26(29)31-20-22-10-7-5-8-11-22/h5,7-8,10-15,24-25,30H,2-4,6,9,16-20H2,1H3. The van der Waals surface area contributed by atoms with E-state index in [1.54, 1.807) is 0 Å². The molecule has 2 fully saturated rings. The summed E-state index contributed by atoms with van der Waals surface area (Å²) in [6.45, 7) is 2.52. The minimum atomic E-state index is -0.858. The topological polar surface area (TPSA) is 49.8 Å². The van der Waals surface area contributed by atoms with Crippen LogP contribution in [0.2, 0.25) is 0 Å². The van der Waals surface area contributed by atoms with Crippen molar-refractivity contribution in [1.29, 1.82) is 0 Å². The zero-order valence-corrected chi connectivity index (χ0v) is 18.6. The first-order chi connectivity index (χ1) is 15.1. The highest BCUT2D eigenvalue weighted by Gasteiger charge is 2.50. The lowest BCUT2D eigenvalue weighted by molar-refractivity contribution is -0.0536. The highest BCUT2D eigenvalue weighted by atomic mass is 16.6. The van der Waals surface area contributed by atoms with Crippen LogP contribution in [0.4, 0.5) is 4.79 Å². The lowest BCUT2D eigenvalue weighted by Gasteiger charge is -2.43. The van der Waals surface area contributed by atoms with E-state index in [4.69, 9.17) is 4.74 Å². The molecule has 2 saturated heterocycles. The van der Waals surface area contributed by atoms with Crippen molar-refractivity contribution in [2.45, 2.75) is 89.0 Å². The van der Waals surface area contributed by atoms with Gasteiger partial charge in [-0.25, -0.2) is 4.79 Å². The van der Waals surface area contributed by atoms with Crippen LogP contribution in [0.3, 0.4) is 0 Å². The number of benzene rings is 2. The summed E-state index contributed by atoms with van der Waals surface area (Å²) in [7, 11) is 0. The molecule has 4 heteroatoms. The molecular formula is C27H35NO3. The van der Waals surface area contributed by atoms with E-state index in [2.05, 4.69) is 31.2 Å². The lowest BCUT2D eigenvalue weighted by atomic mass is 9.80. The van der Waals surface area contributed by atoms with Gasteiger partial charge in [0, 0.05) is 24.9 Å². The number of fused-ring (bicyclic) bond motifs is 2. The number of amides is 1. The zero-order chi connectivity index (χ0) is 21.7. The van der Waals surface area contributed by atoms with Crippen molar-refractivity contribution in [3.05, 3.63) is 71.3 Å². The average molecular weight is 422 g/mol. The molecule has 4 nitrogen and oxygen atoms in total. The summed E-state index contributed by atoms with van der Waals surface area (Å²) in [5.74, 6) is 0. The first-order valence-electron chi connectivity index (χ1n) is 11.9. The molecule has 31 heavy (non-hydrogen) atoms. The third-order valence-electron chi connectivity index (χ3n) is 6.99. The second kappa shape index (κ2) is 9.86. The van der Waals surface area contributed by atoms with Crippen LogP contribution in [-0.4, -0.2) is 28.2 Å². The Morgan fingerprint density at radius 1 is 0.968 bits per heavy atom. The van der Waals surface area contributed by atoms with Crippen molar-refractivity contribution in [2.75, 3.05) is 0 Å². The normalized spacial score (nSPS) is 24.9. The molecular weight excluding hydrogens is 386 g/mol. The first-order valence-corrected chi connectivity index (χ1v) is 11.9. The Balaban J connectivity index is 1.35. The smallest absolute Gasteiger partial charge is 0.410 e. The van der Waals surface area contributed by atoms with E-state index in [1.165, 1.54) is 31.2 Å². The number of nitrogens with zero attached hydrogens (tertiary/aromatic N) is 1. The van der Waals surface area contributed by atoms with Crippen molar-refractivity contribution < 1.29 is 14.6 Å². The largest absolute Gasteiger partial charge is 0.445 e. The monoisotopic (exact) mass is 421 g/mol. The van der Waals surface area contributed by atoms with E-state index in [1.807, 2.05) is 35.2 Å². The number of ether oxygens (including phenoxy) is 1. The zero-order valence-electron chi connectivity index (χ0n) is 18.6. The number of hydrogen-bond acceptors (Lipinski definition) is 3. The second-order valence-corrected chi connectivity index (χ2v) is 9.28. The summed E-state index contributed by atoms with van der Waals surface area (Å²) in [6, 6.07) is 18.4. The number of rotatable bonds is 8. The molecule has 166 valence electrons. The van der Waals surface area contributed by atoms with Crippen molar-refractivity contribution in [3.63, 3.8) is 0 Å². The molecule has 4 rings (SSSR count). The molecule has 2 aromatic carbocycles. The second-order valence-electron chi connectivity index (χ2n) is 9.28. The summed E-state index contributed by atoms with van der Waals surface area (Å²) in [6.07, 6.45) is 8.94. The number of hydrogen-bond donors (Lipinski definition) is 1. The van der Waals surface area contributed by atoms with Crippen LogP contribution in [0.5, 0.6) is 0 Å². The van der Waals surface area contributed by atoms with Crippen molar-refractivity contribution in [1.82, 2.24) is 4.90 Å². The van der Waals surface area contributed by atoms with Crippen LogP contribution in [-0.2, 0) is 23.4 Å². The Morgan fingerprint density at radius 2 is 1.65 bits per heavy atom. The minimum Gasteiger partial charge on any atom is -0.445 e. The highest BCUT2D eigenvalue weighted by Crippen LogP contribution is 2.46. The molecule has 2 aliphatic rings. The number of aryl methyl sites for hydroxylation is 1. The third kappa shape index (κ3) is 5.12. The molecule has 2 bridgehead atoms. The summed E-state index contributed by atoms with van der Waals surface area (Å²) in [4.78, 5) is 14.7. The number of aliphatic hydroxyl groups is 1. The lowest BCUT2D eigenvalue weighted by Crippen LogP contribution is -2.52. The van der Waals surface area contributed by atoms with Gasteiger partial charge in [-0.15, -0.1) is 0 Å². The fourth-order valence-electron chi connectivity index (χ4n) is 5.29. The quantitative estimate of drug-likeness (QED) is 0.535. The van der Waals surface area contributed by atoms with Crippen LogP contribution in [0, 0.1) is 0 Å². The minimum absolute atomic E-state index is 0.0424. The molecule has 0 aromatic heterocycles. The van der Waals surface area contributed by atoms with Gasteiger partial charge in [0.25, 0.3) is 0 Å². The molecule has 2 unspecified atom stereocenters. The Labute approximate surface area is 186 Å². The summed E-state index contributed by atoms with van der Waals surface area (Å²) in [5.41, 5.74) is 2.46. The van der Waals surface area contributed by atoms with Gasteiger partial charge < -0.3 is 14.7 Å². The molecule has 2 heterocycles. The third-order valence-corrected chi connectivity index (χ3v) is 6.99. The molecule has 1 N–H and O–H groups in total. The summed E-state index contributed by atoms with van der Waals surface area (Å²) >= 11 is 0.